The molecule has 27 heavy (non-hydrogen) atoms. The number of carbonyl (C=O) groups is 1. The average molecular weight is 415 g/mol. The van der Waals surface area contributed by atoms with Gasteiger partial charge >= 0.3 is 0 Å². The molecular formula is C17H20ClFN4O3S. The van der Waals surface area contributed by atoms with Crippen LogP contribution >= 0.6 is 11.6 Å². The van der Waals surface area contributed by atoms with Crippen LogP contribution in [-0.2, 0) is 21.9 Å². The van der Waals surface area contributed by atoms with Gasteiger partial charge in [0.15, 0.2) is 5.03 Å². The van der Waals surface area contributed by atoms with Crippen molar-refractivity contribution in [3.63, 3.8) is 0 Å². The number of halogens is 2. The van der Waals surface area contributed by atoms with Gasteiger partial charge in [-0.25, -0.2) is 17.8 Å². The third kappa shape index (κ3) is 4.15. The zero-order valence-electron chi connectivity index (χ0n) is 14.9. The second kappa shape index (κ2) is 7.57. The lowest BCUT2D eigenvalue weighted by molar-refractivity contribution is -0.120. The molecule has 7 nitrogen and oxygen atoms in total. The molecule has 0 atom stereocenters. The van der Waals surface area contributed by atoms with Crippen molar-refractivity contribution in [3.8, 4) is 0 Å². The van der Waals surface area contributed by atoms with Crippen molar-refractivity contribution >= 4 is 33.2 Å². The number of sulfonamides is 1. The summed E-state index contributed by atoms with van der Waals surface area (Å²) < 4.78 is 41.5. The lowest BCUT2D eigenvalue weighted by Crippen LogP contribution is -2.41. The fourth-order valence-corrected chi connectivity index (χ4v) is 4.68. The highest BCUT2D eigenvalue weighted by molar-refractivity contribution is 7.89. The van der Waals surface area contributed by atoms with Crippen LogP contribution in [0.5, 0.6) is 0 Å². The summed E-state index contributed by atoms with van der Waals surface area (Å²) in [5, 5.41) is 2.82. The van der Waals surface area contributed by atoms with Gasteiger partial charge in [-0.2, -0.15) is 4.31 Å². The van der Waals surface area contributed by atoms with Gasteiger partial charge in [-0.3, -0.25) is 4.79 Å². The number of hydrogen-bond acceptors (Lipinski definition) is 4. The Morgan fingerprint density at radius 2 is 2.00 bits per heavy atom. The van der Waals surface area contributed by atoms with Crippen LogP contribution in [0.3, 0.4) is 0 Å². The van der Waals surface area contributed by atoms with E-state index in [-0.39, 0.29) is 35.0 Å². The topological polar surface area (TPSA) is 84.3 Å². The summed E-state index contributed by atoms with van der Waals surface area (Å²) in [6.45, 7) is 2.19. The van der Waals surface area contributed by atoms with Gasteiger partial charge in [-0.05, 0) is 38.0 Å². The van der Waals surface area contributed by atoms with E-state index in [1.165, 1.54) is 22.6 Å². The third-order valence-corrected chi connectivity index (χ3v) is 6.79. The number of nitrogens with zero attached hydrogens (tertiary/aromatic N) is 3. The summed E-state index contributed by atoms with van der Waals surface area (Å²) in [6, 6.07) is 3.74. The molecule has 0 bridgehead atoms. The maximum atomic E-state index is 13.1. The van der Waals surface area contributed by atoms with E-state index >= 15 is 0 Å². The quantitative estimate of drug-likeness (QED) is 0.833. The third-order valence-electron chi connectivity index (χ3n) is 4.70. The van der Waals surface area contributed by atoms with E-state index in [4.69, 9.17) is 11.6 Å². The van der Waals surface area contributed by atoms with Crippen LogP contribution in [0.2, 0.25) is 5.02 Å². The van der Waals surface area contributed by atoms with Crippen LogP contribution in [0.1, 0.15) is 18.7 Å². The fraction of sp³-hybridized carbons (Fsp3) is 0.412. The SMILES string of the molecule is Cc1nc(S(=O)(=O)N2CCC(C(=O)Nc3ccc(F)cc3Cl)CC2)cn1C. The molecule has 2 heterocycles. The van der Waals surface area contributed by atoms with Crippen molar-refractivity contribution in [2.24, 2.45) is 13.0 Å². The zero-order valence-corrected chi connectivity index (χ0v) is 16.5. The normalized spacial score (nSPS) is 16.4. The minimum Gasteiger partial charge on any atom is -0.337 e. The van der Waals surface area contributed by atoms with Gasteiger partial charge in [0.2, 0.25) is 5.91 Å². The number of amides is 1. The first-order valence-electron chi connectivity index (χ1n) is 8.44. The predicted molar refractivity (Wildman–Crippen MR) is 99.5 cm³/mol. The van der Waals surface area contributed by atoms with E-state index < -0.39 is 15.8 Å². The Morgan fingerprint density at radius 1 is 1.33 bits per heavy atom. The molecule has 1 aromatic carbocycles. The van der Waals surface area contributed by atoms with Crippen molar-refractivity contribution in [2.45, 2.75) is 24.8 Å². The van der Waals surface area contributed by atoms with Crippen LogP contribution < -0.4 is 5.32 Å². The largest absolute Gasteiger partial charge is 0.337 e. The fourth-order valence-electron chi connectivity index (χ4n) is 2.97. The molecule has 0 saturated carbocycles. The average Bonchev–Trinajstić information content (AvgIpc) is 2.97. The van der Waals surface area contributed by atoms with E-state index in [1.54, 1.807) is 18.5 Å². The number of imidazole rings is 1. The molecule has 1 aliphatic rings. The Morgan fingerprint density at radius 3 is 2.56 bits per heavy atom. The molecule has 0 radical (unpaired) electrons. The summed E-state index contributed by atoms with van der Waals surface area (Å²) in [4.78, 5) is 16.5. The second-order valence-electron chi connectivity index (χ2n) is 6.53. The van der Waals surface area contributed by atoms with E-state index in [0.717, 1.165) is 6.07 Å². The monoisotopic (exact) mass is 414 g/mol. The Kier molecular flexibility index (Phi) is 5.55. The van der Waals surface area contributed by atoms with Gasteiger partial charge in [0.25, 0.3) is 10.0 Å². The van der Waals surface area contributed by atoms with E-state index in [2.05, 4.69) is 10.3 Å². The van der Waals surface area contributed by atoms with Crippen LogP contribution in [0.25, 0.3) is 0 Å². The molecule has 2 aromatic rings. The summed E-state index contributed by atoms with van der Waals surface area (Å²) in [6.07, 6.45) is 2.26. The second-order valence-corrected chi connectivity index (χ2v) is 8.82. The van der Waals surface area contributed by atoms with Gasteiger partial charge < -0.3 is 9.88 Å². The first kappa shape index (κ1) is 19.8. The number of aromatic nitrogens is 2. The van der Waals surface area contributed by atoms with Gasteiger partial charge in [-0.1, -0.05) is 11.6 Å². The molecule has 1 N–H and O–H groups in total. The number of rotatable bonds is 4. The summed E-state index contributed by atoms with van der Waals surface area (Å²) in [5.41, 5.74) is 0.335. The number of nitrogens with one attached hydrogen (secondary N) is 1. The first-order chi connectivity index (χ1) is 12.7. The van der Waals surface area contributed by atoms with Gasteiger partial charge in [0, 0.05) is 32.3 Å². The first-order valence-corrected chi connectivity index (χ1v) is 10.3. The molecule has 1 fully saturated rings. The number of piperidine rings is 1. The summed E-state index contributed by atoms with van der Waals surface area (Å²) >= 11 is 5.93. The maximum absolute atomic E-state index is 13.1. The molecule has 1 aliphatic heterocycles. The Hall–Kier alpha value is -1.97. The van der Waals surface area contributed by atoms with Crippen molar-refractivity contribution < 1.29 is 17.6 Å². The van der Waals surface area contributed by atoms with Crippen molar-refractivity contribution in [1.82, 2.24) is 13.9 Å². The van der Waals surface area contributed by atoms with Gasteiger partial charge in [0.1, 0.15) is 11.6 Å². The lowest BCUT2D eigenvalue weighted by Gasteiger charge is -2.30. The van der Waals surface area contributed by atoms with E-state index in [1.807, 2.05) is 0 Å². The highest BCUT2D eigenvalue weighted by Gasteiger charge is 2.33. The van der Waals surface area contributed by atoms with Crippen LogP contribution in [-0.4, -0.2) is 41.3 Å². The molecule has 0 aliphatic carbocycles. The molecule has 10 heteroatoms. The van der Waals surface area contributed by atoms with E-state index in [9.17, 15) is 17.6 Å². The highest BCUT2D eigenvalue weighted by Crippen LogP contribution is 2.27. The molecule has 1 aromatic heterocycles. The maximum Gasteiger partial charge on any atom is 0.262 e. The number of carbonyl (C=O) groups excluding carboxylic acids is 1. The van der Waals surface area contributed by atoms with Crippen molar-refractivity contribution in [2.75, 3.05) is 18.4 Å². The van der Waals surface area contributed by atoms with Crippen LogP contribution in [0.15, 0.2) is 29.4 Å². The Bertz CT molecular complexity index is 949. The van der Waals surface area contributed by atoms with Crippen LogP contribution in [0, 0.1) is 18.7 Å². The van der Waals surface area contributed by atoms with Crippen LogP contribution in [0.4, 0.5) is 10.1 Å². The molecule has 3 rings (SSSR count). The number of aryl methyl sites for hydroxylation is 2. The number of anilines is 1. The minimum absolute atomic E-state index is 0.0171. The lowest BCUT2D eigenvalue weighted by atomic mass is 9.97. The molecule has 0 unspecified atom stereocenters. The van der Waals surface area contributed by atoms with Crippen molar-refractivity contribution in [1.29, 1.82) is 0 Å². The Balaban J connectivity index is 1.63. The predicted octanol–water partition coefficient (Wildman–Crippen LogP) is 2.56. The van der Waals surface area contributed by atoms with Gasteiger partial charge in [-0.15, -0.1) is 0 Å². The minimum atomic E-state index is -3.68. The Labute approximate surface area is 162 Å². The summed E-state index contributed by atoms with van der Waals surface area (Å²) in [5.74, 6) is -0.474. The smallest absolute Gasteiger partial charge is 0.262 e. The number of benzene rings is 1. The van der Waals surface area contributed by atoms with Gasteiger partial charge in [0.05, 0.1) is 10.7 Å². The number of hydrogen-bond donors (Lipinski definition) is 1. The molecular weight excluding hydrogens is 395 g/mol. The summed E-state index contributed by atoms with van der Waals surface area (Å²) in [7, 11) is -1.94. The standard InChI is InChI=1S/C17H20ClFN4O3S/c1-11-20-16(10-22(11)2)27(25,26)23-7-5-12(6-8-23)17(24)21-15-4-3-13(19)9-14(15)18/h3-4,9-10,12H,5-8H2,1-2H3,(H,21,24). The highest BCUT2D eigenvalue weighted by atomic mass is 35.5. The molecule has 1 amide bonds. The van der Waals surface area contributed by atoms with Crippen molar-refractivity contribution in [3.05, 3.63) is 41.1 Å². The molecule has 1 saturated heterocycles. The molecule has 0 spiro atoms. The van der Waals surface area contributed by atoms with E-state index in [0.29, 0.717) is 24.4 Å². The molecule has 146 valence electrons. The zero-order chi connectivity index (χ0) is 19.8.